The zero-order valence-electron chi connectivity index (χ0n) is 16.5. The van der Waals surface area contributed by atoms with Crippen LogP contribution >= 0.6 is 0 Å². The number of phenols is 1. The molecule has 0 fully saturated rings. The fourth-order valence-electron chi connectivity index (χ4n) is 3.70. The predicted octanol–water partition coefficient (Wildman–Crippen LogP) is 4.63. The Kier molecular flexibility index (Phi) is 5.49. The third-order valence-electron chi connectivity index (χ3n) is 5.21. The third-order valence-corrected chi connectivity index (χ3v) is 5.21. The Morgan fingerprint density at radius 2 is 1.55 bits per heavy atom. The molecule has 0 aromatic heterocycles. The maximum absolute atomic E-state index is 10.4. The van der Waals surface area contributed by atoms with Crippen molar-refractivity contribution in [3.05, 3.63) is 89.5 Å². The fraction of sp³-hybridized carbons (Fsp3) is 0.208. The molecule has 1 unspecified atom stereocenters. The standard InChI is InChI=1S/C24H24N2O3/c1-28-17-13-11-16(12-14-17)20-15-21(18-7-3-5-9-22(18)27)26-24(25-20)19-8-4-6-10-23(19)29-2/h3-14,21,24,26-27H,15H2,1-2H3/t21-,24?/m0/s1. The first-order chi connectivity index (χ1) is 14.2. The van der Waals surface area contributed by atoms with Crippen molar-refractivity contribution in [2.45, 2.75) is 18.6 Å². The van der Waals surface area contributed by atoms with Crippen LogP contribution in [0.1, 0.15) is 35.3 Å². The smallest absolute Gasteiger partial charge is 0.129 e. The van der Waals surface area contributed by atoms with Crippen LogP contribution in [0.2, 0.25) is 0 Å². The quantitative estimate of drug-likeness (QED) is 0.669. The highest BCUT2D eigenvalue weighted by Gasteiger charge is 2.28. The molecule has 0 saturated heterocycles. The molecule has 1 heterocycles. The Balaban J connectivity index is 1.77. The van der Waals surface area contributed by atoms with Crippen LogP contribution < -0.4 is 14.8 Å². The molecule has 1 aliphatic heterocycles. The number of phenolic OH excluding ortho intramolecular Hbond substituents is 1. The summed E-state index contributed by atoms with van der Waals surface area (Å²) in [7, 11) is 3.32. The molecular weight excluding hydrogens is 364 g/mol. The molecule has 3 aromatic rings. The van der Waals surface area contributed by atoms with Gasteiger partial charge in [0.25, 0.3) is 0 Å². The number of rotatable bonds is 5. The average Bonchev–Trinajstić information content (AvgIpc) is 2.79. The van der Waals surface area contributed by atoms with E-state index in [2.05, 4.69) is 5.32 Å². The van der Waals surface area contributed by atoms with Crippen molar-refractivity contribution in [1.29, 1.82) is 0 Å². The summed E-state index contributed by atoms with van der Waals surface area (Å²) < 4.78 is 10.8. The molecule has 0 spiro atoms. The highest BCUT2D eigenvalue weighted by Crippen LogP contribution is 2.36. The second-order valence-corrected chi connectivity index (χ2v) is 6.93. The van der Waals surface area contributed by atoms with Gasteiger partial charge in [-0.2, -0.15) is 0 Å². The van der Waals surface area contributed by atoms with E-state index in [1.807, 2.05) is 66.7 Å². The lowest BCUT2D eigenvalue weighted by molar-refractivity contribution is 0.381. The van der Waals surface area contributed by atoms with Gasteiger partial charge in [0.2, 0.25) is 0 Å². The molecule has 0 amide bonds. The largest absolute Gasteiger partial charge is 0.508 e. The Morgan fingerprint density at radius 3 is 2.24 bits per heavy atom. The minimum absolute atomic E-state index is 0.0827. The second kappa shape index (κ2) is 8.37. The van der Waals surface area contributed by atoms with Gasteiger partial charge in [0.1, 0.15) is 23.4 Å². The topological polar surface area (TPSA) is 63.1 Å². The number of nitrogens with one attached hydrogen (secondary N) is 1. The number of aromatic hydroxyl groups is 1. The summed E-state index contributed by atoms with van der Waals surface area (Å²) in [6.07, 6.45) is 0.372. The van der Waals surface area contributed by atoms with Crippen LogP contribution in [0.3, 0.4) is 0 Å². The van der Waals surface area contributed by atoms with Gasteiger partial charge in [0.15, 0.2) is 0 Å². The summed E-state index contributed by atoms with van der Waals surface area (Å²) >= 11 is 0. The van der Waals surface area contributed by atoms with Gasteiger partial charge < -0.3 is 14.6 Å². The molecule has 5 heteroatoms. The van der Waals surface area contributed by atoms with Gasteiger partial charge in [-0.15, -0.1) is 0 Å². The van der Waals surface area contributed by atoms with Gasteiger partial charge >= 0.3 is 0 Å². The molecule has 1 aliphatic rings. The molecule has 0 saturated carbocycles. The van der Waals surface area contributed by atoms with E-state index in [0.29, 0.717) is 6.42 Å². The van der Waals surface area contributed by atoms with E-state index in [9.17, 15) is 5.11 Å². The lowest BCUT2D eigenvalue weighted by Gasteiger charge is -2.31. The van der Waals surface area contributed by atoms with E-state index >= 15 is 0 Å². The van der Waals surface area contributed by atoms with Gasteiger partial charge in [-0.1, -0.05) is 36.4 Å². The van der Waals surface area contributed by atoms with Crippen molar-refractivity contribution < 1.29 is 14.6 Å². The van der Waals surface area contributed by atoms with Crippen LogP contribution in [0.25, 0.3) is 0 Å². The van der Waals surface area contributed by atoms with Gasteiger partial charge in [0.05, 0.1) is 14.2 Å². The minimum atomic E-state index is -0.290. The molecule has 4 rings (SSSR count). The first-order valence-corrected chi connectivity index (χ1v) is 9.57. The zero-order chi connectivity index (χ0) is 20.2. The van der Waals surface area contributed by atoms with Crippen LogP contribution in [0.5, 0.6) is 17.2 Å². The first kappa shape index (κ1) is 19.0. The Bertz CT molecular complexity index is 1010. The normalized spacial score (nSPS) is 18.8. The molecule has 0 bridgehead atoms. The van der Waals surface area contributed by atoms with Crippen LogP contribution in [0, 0.1) is 0 Å². The number of benzene rings is 3. The predicted molar refractivity (Wildman–Crippen MR) is 114 cm³/mol. The summed E-state index contributed by atoms with van der Waals surface area (Å²) in [4.78, 5) is 4.99. The average molecular weight is 388 g/mol. The van der Waals surface area contributed by atoms with Gasteiger partial charge in [-0.3, -0.25) is 10.3 Å². The van der Waals surface area contributed by atoms with Crippen molar-refractivity contribution in [2.24, 2.45) is 4.99 Å². The van der Waals surface area contributed by atoms with E-state index in [-0.39, 0.29) is 18.0 Å². The molecular formula is C24H24N2O3. The van der Waals surface area contributed by atoms with Crippen molar-refractivity contribution in [1.82, 2.24) is 5.32 Å². The van der Waals surface area contributed by atoms with Gasteiger partial charge in [-0.05, 0) is 42.0 Å². The Hall–Kier alpha value is -3.31. The maximum atomic E-state index is 10.4. The minimum Gasteiger partial charge on any atom is -0.508 e. The van der Waals surface area contributed by atoms with Gasteiger partial charge in [0, 0.05) is 29.3 Å². The molecule has 0 aliphatic carbocycles. The van der Waals surface area contributed by atoms with Crippen LogP contribution in [-0.2, 0) is 0 Å². The first-order valence-electron chi connectivity index (χ1n) is 9.57. The van der Waals surface area contributed by atoms with E-state index in [1.165, 1.54) is 0 Å². The number of nitrogens with zero attached hydrogens (tertiary/aromatic N) is 1. The van der Waals surface area contributed by atoms with Crippen molar-refractivity contribution in [3.63, 3.8) is 0 Å². The molecule has 148 valence electrons. The highest BCUT2D eigenvalue weighted by atomic mass is 16.5. The van der Waals surface area contributed by atoms with Crippen molar-refractivity contribution in [2.75, 3.05) is 14.2 Å². The molecule has 2 N–H and O–H groups in total. The lowest BCUT2D eigenvalue weighted by Crippen LogP contribution is -2.33. The lowest BCUT2D eigenvalue weighted by atomic mass is 9.93. The van der Waals surface area contributed by atoms with E-state index < -0.39 is 0 Å². The summed E-state index contributed by atoms with van der Waals surface area (Å²) in [5, 5.41) is 14.0. The monoisotopic (exact) mass is 388 g/mol. The summed E-state index contributed by atoms with van der Waals surface area (Å²) in [5.41, 5.74) is 3.82. The van der Waals surface area contributed by atoms with E-state index in [1.54, 1.807) is 20.3 Å². The van der Waals surface area contributed by atoms with Crippen molar-refractivity contribution >= 4 is 5.71 Å². The van der Waals surface area contributed by atoms with Crippen LogP contribution in [-0.4, -0.2) is 25.0 Å². The maximum Gasteiger partial charge on any atom is 0.129 e. The number of methoxy groups -OCH3 is 2. The van der Waals surface area contributed by atoms with E-state index in [0.717, 1.165) is 33.9 Å². The summed E-state index contributed by atoms with van der Waals surface area (Å²) in [5.74, 6) is 1.86. The third kappa shape index (κ3) is 3.96. The molecule has 5 nitrogen and oxygen atoms in total. The molecule has 3 aromatic carbocycles. The number of ether oxygens (including phenoxy) is 2. The van der Waals surface area contributed by atoms with Crippen molar-refractivity contribution in [3.8, 4) is 17.2 Å². The van der Waals surface area contributed by atoms with Crippen LogP contribution in [0.15, 0.2) is 77.8 Å². The second-order valence-electron chi connectivity index (χ2n) is 6.93. The van der Waals surface area contributed by atoms with E-state index in [4.69, 9.17) is 14.5 Å². The Morgan fingerprint density at radius 1 is 0.862 bits per heavy atom. The fourth-order valence-corrected chi connectivity index (χ4v) is 3.70. The number of para-hydroxylation sites is 2. The SMILES string of the molecule is COc1ccc(C2=NC(c3ccccc3OC)N[C@H](c3ccccc3O)C2)cc1. The summed E-state index contributed by atoms with van der Waals surface area (Å²) in [6, 6.07) is 23.1. The summed E-state index contributed by atoms with van der Waals surface area (Å²) in [6.45, 7) is 0. The highest BCUT2D eigenvalue weighted by molar-refractivity contribution is 6.01. The number of aliphatic imine (C=N–C) groups is 1. The number of hydrogen-bond donors (Lipinski definition) is 2. The van der Waals surface area contributed by atoms with Crippen LogP contribution in [0.4, 0.5) is 0 Å². The number of hydrogen-bond acceptors (Lipinski definition) is 5. The van der Waals surface area contributed by atoms with Gasteiger partial charge in [-0.25, -0.2) is 0 Å². The Labute approximate surface area is 170 Å². The zero-order valence-corrected chi connectivity index (χ0v) is 16.5. The molecule has 29 heavy (non-hydrogen) atoms. The molecule has 0 radical (unpaired) electrons. The molecule has 2 atom stereocenters.